The molecule has 2 nitrogen and oxygen atoms in total. The number of halogens is 2. The molecule has 112 valence electrons. The topological polar surface area (TPSA) is 29.5 Å². The summed E-state index contributed by atoms with van der Waals surface area (Å²) in [5.74, 6) is -1.51. The molecular formula is C17H18F2O2. The second-order valence-corrected chi connectivity index (χ2v) is 5.15. The molecule has 0 fully saturated rings. The molecule has 0 saturated carbocycles. The van der Waals surface area contributed by atoms with E-state index in [2.05, 4.69) is 0 Å². The molecule has 0 bridgehead atoms. The molecule has 2 aromatic rings. The number of benzene rings is 2. The molecular weight excluding hydrogens is 274 g/mol. The van der Waals surface area contributed by atoms with E-state index >= 15 is 0 Å². The number of hydrogen-bond donors (Lipinski definition) is 1. The number of methoxy groups -OCH3 is 1. The summed E-state index contributed by atoms with van der Waals surface area (Å²) in [6, 6.07) is 7.95. The molecule has 1 N–H and O–H groups in total. The fraction of sp³-hybridized carbons (Fsp3) is 0.294. The maximum absolute atomic E-state index is 14.0. The summed E-state index contributed by atoms with van der Waals surface area (Å²) in [6.45, 7) is 3.84. The van der Waals surface area contributed by atoms with Gasteiger partial charge in [-0.1, -0.05) is 23.8 Å². The van der Waals surface area contributed by atoms with E-state index in [0.717, 1.165) is 28.8 Å². The Hall–Kier alpha value is -1.94. The number of rotatable bonds is 4. The van der Waals surface area contributed by atoms with Gasteiger partial charge in [-0.2, -0.15) is 0 Å². The standard InChI is InChI=1S/C17H18F2O2/c1-10-4-5-11(2)12(6-10)7-16(20)17-14(18)8-13(21-3)9-15(17)19/h4-6,8-9,16,20H,7H2,1-3H3. The van der Waals surface area contributed by atoms with Crippen molar-refractivity contribution in [2.75, 3.05) is 7.11 Å². The van der Waals surface area contributed by atoms with Crippen molar-refractivity contribution in [3.63, 3.8) is 0 Å². The highest BCUT2D eigenvalue weighted by Crippen LogP contribution is 2.28. The van der Waals surface area contributed by atoms with Crippen LogP contribution in [0, 0.1) is 25.5 Å². The summed E-state index contributed by atoms with van der Waals surface area (Å²) in [5, 5.41) is 10.2. The maximum atomic E-state index is 14.0. The van der Waals surface area contributed by atoms with Gasteiger partial charge in [0.2, 0.25) is 0 Å². The number of aliphatic hydroxyl groups is 1. The van der Waals surface area contributed by atoms with Crippen LogP contribution >= 0.6 is 0 Å². The molecule has 1 atom stereocenters. The molecule has 0 radical (unpaired) electrons. The average molecular weight is 292 g/mol. The van der Waals surface area contributed by atoms with Crippen molar-refractivity contribution in [3.8, 4) is 5.75 Å². The van der Waals surface area contributed by atoms with Gasteiger partial charge in [0, 0.05) is 18.6 Å². The number of aliphatic hydroxyl groups excluding tert-OH is 1. The molecule has 0 amide bonds. The molecule has 0 heterocycles. The third kappa shape index (κ3) is 3.39. The van der Waals surface area contributed by atoms with Crippen LogP contribution in [0.25, 0.3) is 0 Å². The Balaban J connectivity index is 2.32. The van der Waals surface area contributed by atoms with Gasteiger partial charge in [0.15, 0.2) is 0 Å². The van der Waals surface area contributed by atoms with E-state index in [1.807, 2.05) is 32.0 Å². The Labute approximate surface area is 123 Å². The van der Waals surface area contributed by atoms with Crippen LogP contribution in [0.3, 0.4) is 0 Å². The molecule has 0 spiro atoms. The lowest BCUT2D eigenvalue weighted by atomic mass is 9.96. The molecule has 2 aromatic carbocycles. The summed E-state index contributed by atoms with van der Waals surface area (Å²) < 4.78 is 32.7. The monoisotopic (exact) mass is 292 g/mol. The first-order valence-electron chi connectivity index (χ1n) is 6.69. The second kappa shape index (κ2) is 6.22. The van der Waals surface area contributed by atoms with E-state index < -0.39 is 17.7 Å². The highest BCUT2D eigenvalue weighted by Gasteiger charge is 2.20. The van der Waals surface area contributed by atoms with E-state index in [4.69, 9.17) is 4.74 Å². The summed E-state index contributed by atoms with van der Waals surface area (Å²) in [7, 11) is 1.33. The van der Waals surface area contributed by atoms with Crippen LogP contribution in [-0.4, -0.2) is 12.2 Å². The Morgan fingerprint density at radius 1 is 1.10 bits per heavy atom. The highest BCUT2D eigenvalue weighted by atomic mass is 19.1. The zero-order valence-electron chi connectivity index (χ0n) is 12.3. The van der Waals surface area contributed by atoms with Gasteiger partial charge < -0.3 is 9.84 Å². The van der Waals surface area contributed by atoms with Crippen LogP contribution in [0.1, 0.15) is 28.4 Å². The quantitative estimate of drug-likeness (QED) is 0.927. The number of aryl methyl sites for hydroxylation is 2. The molecule has 0 aliphatic heterocycles. The third-order valence-corrected chi connectivity index (χ3v) is 3.54. The average Bonchev–Trinajstić information content (AvgIpc) is 2.42. The van der Waals surface area contributed by atoms with Crippen LogP contribution in [-0.2, 0) is 6.42 Å². The van der Waals surface area contributed by atoms with Crippen LogP contribution in [0.4, 0.5) is 8.78 Å². The Bertz CT molecular complexity index is 630. The van der Waals surface area contributed by atoms with E-state index in [1.165, 1.54) is 7.11 Å². The van der Waals surface area contributed by atoms with Crippen molar-refractivity contribution in [3.05, 3.63) is 64.2 Å². The predicted molar refractivity (Wildman–Crippen MR) is 77.5 cm³/mol. The predicted octanol–water partition coefficient (Wildman–Crippen LogP) is 3.87. The van der Waals surface area contributed by atoms with Gasteiger partial charge in [-0.3, -0.25) is 0 Å². The van der Waals surface area contributed by atoms with Gasteiger partial charge in [-0.05, 0) is 25.0 Å². The molecule has 2 rings (SSSR count). The molecule has 21 heavy (non-hydrogen) atoms. The summed E-state index contributed by atoms with van der Waals surface area (Å²) >= 11 is 0. The molecule has 0 aromatic heterocycles. The van der Waals surface area contributed by atoms with E-state index in [0.29, 0.717) is 0 Å². The van der Waals surface area contributed by atoms with Crippen LogP contribution < -0.4 is 4.74 Å². The number of ether oxygens (including phenoxy) is 1. The van der Waals surface area contributed by atoms with Crippen LogP contribution in [0.5, 0.6) is 5.75 Å². The lowest BCUT2D eigenvalue weighted by Gasteiger charge is -2.16. The lowest BCUT2D eigenvalue weighted by Crippen LogP contribution is -2.09. The Morgan fingerprint density at radius 3 is 2.29 bits per heavy atom. The summed E-state index contributed by atoms with van der Waals surface area (Å²) in [6.07, 6.45) is -1.08. The zero-order chi connectivity index (χ0) is 15.6. The SMILES string of the molecule is COc1cc(F)c(C(O)Cc2cc(C)ccc2C)c(F)c1. The smallest absolute Gasteiger partial charge is 0.135 e. The fourth-order valence-electron chi connectivity index (χ4n) is 2.33. The van der Waals surface area contributed by atoms with Gasteiger partial charge in [0.25, 0.3) is 0 Å². The van der Waals surface area contributed by atoms with E-state index in [9.17, 15) is 13.9 Å². The van der Waals surface area contributed by atoms with Gasteiger partial charge >= 0.3 is 0 Å². The minimum Gasteiger partial charge on any atom is -0.497 e. The minimum absolute atomic E-state index is 0.0905. The Kier molecular flexibility index (Phi) is 4.58. The van der Waals surface area contributed by atoms with Crippen molar-refractivity contribution in [1.82, 2.24) is 0 Å². The molecule has 4 heteroatoms. The van der Waals surface area contributed by atoms with Gasteiger partial charge in [-0.15, -0.1) is 0 Å². The third-order valence-electron chi connectivity index (χ3n) is 3.54. The van der Waals surface area contributed by atoms with E-state index in [1.54, 1.807) is 0 Å². The van der Waals surface area contributed by atoms with Crippen molar-refractivity contribution < 1.29 is 18.6 Å². The maximum Gasteiger partial charge on any atom is 0.135 e. The van der Waals surface area contributed by atoms with Crippen molar-refractivity contribution in [1.29, 1.82) is 0 Å². The van der Waals surface area contributed by atoms with Gasteiger partial charge in [0.1, 0.15) is 17.4 Å². The summed E-state index contributed by atoms with van der Waals surface area (Å²) in [5.41, 5.74) is 2.57. The van der Waals surface area contributed by atoms with Gasteiger partial charge in [0.05, 0.1) is 18.8 Å². The molecule has 0 saturated heterocycles. The lowest BCUT2D eigenvalue weighted by molar-refractivity contribution is 0.168. The zero-order valence-corrected chi connectivity index (χ0v) is 12.3. The van der Waals surface area contributed by atoms with Crippen LogP contribution in [0.2, 0.25) is 0 Å². The fourth-order valence-corrected chi connectivity index (χ4v) is 2.33. The van der Waals surface area contributed by atoms with Crippen molar-refractivity contribution >= 4 is 0 Å². The minimum atomic E-state index is -1.24. The summed E-state index contributed by atoms with van der Waals surface area (Å²) in [4.78, 5) is 0. The second-order valence-electron chi connectivity index (χ2n) is 5.15. The largest absolute Gasteiger partial charge is 0.497 e. The Morgan fingerprint density at radius 2 is 1.71 bits per heavy atom. The van der Waals surface area contributed by atoms with Crippen molar-refractivity contribution in [2.45, 2.75) is 26.4 Å². The highest BCUT2D eigenvalue weighted by molar-refractivity contribution is 5.35. The van der Waals surface area contributed by atoms with E-state index in [-0.39, 0.29) is 17.7 Å². The molecule has 0 aliphatic rings. The van der Waals surface area contributed by atoms with Gasteiger partial charge in [-0.25, -0.2) is 8.78 Å². The first kappa shape index (κ1) is 15.4. The first-order valence-corrected chi connectivity index (χ1v) is 6.69. The normalized spacial score (nSPS) is 12.3. The number of hydrogen-bond acceptors (Lipinski definition) is 2. The van der Waals surface area contributed by atoms with Crippen LogP contribution in [0.15, 0.2) is 30.3 Å². The molecule has 0 aliphatic carbocycles. The first-order chi connectivity index (χ1) is 9.92. The van der Waals surface area contributed by atoms with Crippen molar-refractivity contribution in [2.24, 2.45) is 0 Å². The molecule has 1 unspecified atom stereocenters.